The number of carbonyl (C=O) groups is 1. The molecule has 0 rings (SSSR count). The predicted molar refractivity (Wildman–Crippen MR) is 41.8 cm³/mol. The standard InChI is InChI=1S/C8H16O3/c1-5-7(9)11-10-6-8(2,3)4/h5-6H2,1-4H3. The Hall–Kier alpha value is -0.570. The van der Waals surface area contributed by atoms with Crippen molar-refractivity contribution >= 4 is 5.97 Å². The van der Waals surface area contributed by atoms with Crippen LogP contribution in [0.3, 0.4) is 0 Å². The van der Waals surface area contributed by atoms with Crippen LogP contribution in [0.25, 0.3) is 0 Å². The Balaban J connectivity index is 3.35. The van der Waals surface area contributed by atoms with Crippen LogP contribution in [0, 0.1) is 5.41 Å². The molecule has 0 aliphatic rings. The van der Waals surface area contributed by atoms with E-state index in [2.05, 4.69) is 4.89 Å². The largest absolute Gasteiger partial charge is 0.342 e. The van der Waals surface area contributed by atoms with E-state index in [0.29, 0.717) is 13.0 Å². The molecule has 66 valence electrons. The number of carbonyl (C=O) groups excluding carboxylic acids is 1. The fourth-order valence-electron chi connectivity index (χ4n) is 0.331. The molecule has 0 unspecified atom stereocenters. The Labute approximate surface area is 67.6 Å². The van der Waals surface area contributed by atoms with Crippen LogP contribution in [0.15, 0.2) is 0 Å². The first-order valence-corrected chi connectivity index (χ1v) is 3.78. The van der Waals surface area contributed by atoms with Crippen molar-refractivity contribution in [1.82, 2.24) is 0 Å². The molecule has 0 aliphatic carbocycles. The minimum absolute atomic E-state index is 0.0357. The summed E-state index contributed by atoms with van der Waals surface area (Å²) in [4.78, 5) is 19.7. The highest BCUT2D eigenvalue weighted by atomic mass is 17.2. The van der Waals surface area contributed by atoms with E-state index in [4.69, 9.17) is 4.89 Å². The Morgan fingerprint density at radius 3 is 2.27 bits per heavy atom. The summed E-state index contributed by atoms with van der Waals surface area (Å²) in [7, 11) is 0. The van der Waals surface area contributed by atoms with Gasteiger partial charge in [-0.05, 0) is 5.41 Å². The van der Waals surface area contributed by atoms with E-state index >= 15 is 0 Å². The lowest BCUT2D eigenvalue weighted by atomic mass is 9.99. The quantitative estimate of drug-likeness (QED) is 0.467. The van der Waals surface area contributed by atoms with Crippen LogP contribution in [-0.4, -0.2) is 12.6 Å². The van der Waals surface area contributed by atoms with E-state index < -0.39 is 0 Å². The summed E-state index contributed by atoms with van der Waals surface area (Å²) in [6, 6.07) is 0. The van der Waals surface area contributed by atoms with Crippen LogP contribution in [0.1, 0.15) is 34.1 Å². The maximum atomic E-state index is 10.6. The molecule has 0 atom stereocenters. The van der Waals surface area contributed by atoms with E-state index in [1.165, 1.54) is 0 Å². The number of hydrogen-bond donors (Lipinski definition) is 0. The number of rotatable bonds is 3. The lowest BCUT2D eigenvalue weighted by molar-refractivity contribution is -0.282. The van der Waals surface area contributed by atoms with Crippen molar-refractivity contribution in [2.75, 3.05) is 6.61 Å². The van der Waals surface area contributed by atoms with Crippen LogP contribution in [0.4, 0.5) is 0 Å². The van der Waals surface area contributed by atoms with Crippen LogP contribution >= 0.6 is 0 Å². The second-order valence-electron chi connectivity index (χ2n) is 3.63. The first-order chi connectivity index (χ1) is 4.95. The van der Waals surface area contributed by atoms with Gasteiger partial charge in [0.2, 0.25) is 0 Å². The lowest BCUT2D eigenvalue weighted by Crippen LogP contribution is -2.16. The van der Waals surface area contributed by atoms with Gasteiger partial charge in [0.05, 0.1) is 6.61 Å². The summed E-state index contributed by atoms with van der Waals surface area (Å²) < 4.78 is 0. The van der Waals surface area contributed by atoms with E-state index in [0.717, 1.165) is 0 Å². The van der Waals surface area contributed by atoms with Gasteiger partial charge < -0.3 is 0 Å². The first kappa shape index (κ1) is 10.4. The highest BCUT2D eigenvalue weighted by Gasteiger charge is 2.11. The van der Waals surface area contributed by atoms with Crippen molar-refractivity contribution in [2.45, 2.75) is 34.1 Å². The third-order valence-electron chi connectivity index (χ3n) is 0.932. The average Bonchev–Trinajstić information content (AvgIpc) is 1.85. The van der Waals surface area contributed by atoms with Crippen LogP contribution in [0.2, 0.25) is 0 Å². The molecule has 0 aliphatic heterocycles. The fraction of sp³-hybridized carbons (Fsp3) is 0.875. The second-order valence-corrected chi connectivity index (χ2v) is 3.63. The van der Waals surface area contributed by atoms with Gasteiger partial charge in [-0.25, -0.2) is 4.79 Å². The molecule has 0 aromatic rings. The van der Waals surface area contributed by atoms with Crippen molar-refractivity contribution < 1.29 is 14.6 Å². The number of hydrogen-bond acceptors (Lipinski definition) is 3. The highest BCUT2D eigenvalue weighted by molar-refractivity contribution is 5.68. The summed E-state index contributed by atoms with van der Waals surface area (Å²) >= 11 is 0. The summed E-state index contributed by atoms with van der Waals surface area (Å²) in [5.74, 6) is -0.325. The second kappa shape index (κ2) is 4.34. The molecular weight excluding hydrogens is 144 g/mol. The zero-order valence-electron chi connectivity index (χ0n) is 7.64. The maximum Gasteiger partial charge on any atom is 0.342 e. The molecule has 0 N–H and O–H groups in total. The Morgan fingerprint density at radius 1 is 1.36 bits per heavy atom. The van der Waals surface area contributed by atoms with Gasteiger partial charge in [-0.15, -0.1) is 0 Å². The normalized spacial score (nSPS) is 11.3. The minimum atomic E-state index is -0.325. The molecule has 0 aromatic carbocycles. The lowest BCUT2D eigenvalue weighted by Gasteiger charge is -2.15. The SMILES string of the molecule is CCC(=O)OOCC(C)(C)C. The zero-order valence-corrected chi connectivity index (χ0v) is 7.64. The molecule has 3 heteroatoms. The Morgan fingerprint density at radius 2 is 1.91 bits per heavy atom. The molecule has 0 aromatic heterocycles. The summed E-state index contributed by atoms with van der Waals surface area (Å²) in [5.41, 5.74) is 0.0357. The third-order valence-corrected chi connectivity index (χ3v) is 0.932. The Bertz CT molecular complexity index is 124. The summed E-state index contributed by atoms with van der Waals surface area (Å²) in [5, 5.41) is 0. The van der Waals surface area contributed by atoms with Gasteiger partial charge in [0, 0.05) is 6.42 Å². The maximum absolute atomic E-state index is 10.6. The molecule has 11 heavy (non-hydrogen) atoms. The molecule has 0 amide bonds. The van der Waals surface area contributed by atoms with Gasteiger partial charge in [0.25, 0.3) is 0 Å². The van der Waals surface area contributed by atoms with Crippen molar-refractivity contribution in [1.29, 1.82) is 0 Å². The minimum Gasteiger partial charge on any atom is -0.298 e. The summed E-state index contributed by atoms with van der Waals surface area (Å²) in [6.45, 7) is 8.17. The predicted octanol–water partition coefficient (Wildman–Crippen LogP) is 1.92. The molecule has 0 fully saturated rings. The van der Waals surface area contributed by atoms with Crippen LogP contribution < -0.4 is 0 Å². The van der Waals surface area contributed by atoms with Crippen LogP contribution in [0.5, 0.6) is 0 Å². The monoisotopic (exact) mass is 160 g/mol. The Kier molecular flexibility index (Phi) is 4.11. The first-order valence-electron chi connectivity index (χ1n) is 3.78. The van der Waals surface area contributed by atoms with Gasteiger partial charge >= 0.3 is 5.97 Å². The van der Waals surface area contributed by atoms with Crippen LogP contribution in [-0.2, 0) is 14.6 Å². The van der Waals surface area contributed by atoms with E-state index in [9.17, 15) is 4.79 Å². The molecule has 0 bridgehead atoms. The van der Waals surface area contributed by atoms with E-state index in [-0.39, 0.29) is 11.4 Å². The molecule has 0 saturated heterocycles. The molecule has 0 radical (unpaired) electrons. The van der Waals surface area contributed by atoms with Gasteiger partial charge in [-0.3, -0.25) is 4.89 Å². The van der Waals surface area contributed by atoms with Crippen molar-refractivity contribution in [3.8, 4) is 0 Å². The highest BCUT2D eigenvalue weighted by Crippen LogP contribution is 2.12. The average molecular weight is 160 g/mol. The van der Waals surface area contributed by atoms with E-state index in [1.54, 1.807) is 6.92 Å². The smallest absolute Gasteiger partial charge is 0.298 e. The van der Waals surface area contributed by atoms with E-state index in [1.807, 2.05) is 20.8 Å². The van der Waals surface area contributed by atoms with Crippen molar-refractivity contribution in [2.24, 2.45) is 5.41 Å². The molecule has 3 nitrogen and oxygen atoms in total. The molecule has 0 heterocycles. The zero-order chi connectivity index (χ0) is 8.91. The van der Waals surface area contributed by atoms with Gasteiger partial charge in [-0.2, -0.15) is 4.89 Å². The molecule has 0 saturated carbocycles. The fourth-order valence-corrected chi connectivity index (χ4v) is 0.331. The third kappa shape index (κ3) is 7.33. The van der Waals surface area contributed by atoms with Gasteiger partial charge in [0.15, 0.2) is 0 Å². The van der Waals surface area contributed by atoms with Gasteiger partial charge in [-0.1, -0.05) is 27.7 Å². The van der Waals surface area contributed by atoms with Crippen molar-refractivity contribution in [3.05, 3.63) is 0 Å². The van der Waals surface area contributed by atoms with Crippen molar-refractivity contribution in [3.63, 3.8) is 0 Å². The molecular formula is C8H16O3. The molecule has 0 spiro atoms. The topological polar surface area (TPSA) is 35.5 Å². The van der Waals surface area contributed by atoms with Gasteiger partial charge in [0.1, 0.15) is 0 Å². The summed E-state index contributed by atoms with van der Waals surface area (Å²) in [6.07, 6.45) is 0.351.